The van der Waals surface area contributed by atoms with Gasteiger partial charge in [-0.1, -0.05) is 17.8 Å². The Morgan fingerprint density at radius 1 is 1.47 bits per heavy atom. The number of hydrogen-bond donors (Lipinski definition) is 2. The van der Waals surface area contributed by atoms with Crippen molar-refractivity contribution in [2.75, 3.05) is 6.26 Å². The number of aromatic nitrogens is 3. The highest BCUT2D eigenvalue weighted by Gasteiger charge is 2.07. The second kappa shape index (κ2) is 5.71. The first-order chi connectivity index (χ1) is 8.33. The zero-order chi connectivity index (χ0) is 12.1. The Hall–Kier alpha value is -1.51. The minimum atomic E-state index is 0.259. The molecule has 0 amide bonds. The molecular weight excluding hydrogens is 258 g/mol. The Morgan fingerprint density at radius 3 is 3.00 bits per heavy atom. The van der Waals surface area contributed by atoms with E-state index in [9.17, 15) is 0 Å². The van der Waals surface area contributed by atoms with E-state index in [4.69, 9.17) is 5.21 Å². The van der Waals surface area contributed by atoms with Gasteiger partial charge in [-0.05, 0) is 17.7 Å². The van der Waals surface area contributed by atoms with Crippen molar-refractivity contribution in [1.29, 1.82) is 0 Å². The molecule has 0 aliphatic rings. The van der Waals surface area contributed by atoms with Gasteiger partial charge >= 0.3 is 0 Å². The summed E-state index contributed by atoms with van der Waals surface area (Å²) in [6.45, 7) is 0. The van der Waals surface area contributed by atoms with E-state index in [1.54, 1.807) is 11.3 Å². The van der Waals surface area contributed by atoms with Crippen LogP contribution in [0.1, 0.15) is 0 Å². The molecule has 0 saturated carbocycles. The summed E-state index contributed by atoms with van der Waals surface area (Å²) in [7, 11) is 0. The molecule has 0 atom stereocenters. The van der Waals surface area contributed by atoms with Crippen molar-refractivity contribution in [3.63, 3.8) is 0 Å². The Balaban J connectivity index is 2.42. The molecule has 8 heteroatoms. The van der Waals surface area contributed by atoms with Crippen LogP contribution in [0.4, 0.5) is 5.95 Å². The monoisotopic (exact) mass is 267 g/mol. The molecule has 2 rings (SSSR count). The number of rotatable bonds is 4. The van der Waals surface area contributed by atoms with Gasteiger partial charge in [-0.3, -0.25) is 10.7 Å². The van der Waals surface area contributed by atoms with Crippen molar-refractivity contribution in [3.8, 4) is 10.7 Å². The highest BCUT2D eigenvalue weighted by Crippen LogP contribution is 2.24. The summed E-state index contributed by atoms with van der Waals surface area (Å²) in [5, 5.41) is 11.0. The zero-order valence-corrected chi connectivity index (χ0v) is 10.5. The number of thiophene rings is 1. The van der Waals surface area contributed by atoms with Gasteiger partial charge in [-0.25, -0.2) is 4.98 Å². The summed E-state index contributed by atoms with van der Waals surface area (Å²) in [4.78, 5) is 17.4. The minimum absolute atomic E-state index is 0.259. The average molecular weight is 267 g/mol. The first-order valence-electron chi connectivity index (χ1n) is 4.59. The summed E-state index contributed by atoms with van der Waals surface area (Å²) in [6.07, 6.45) is 2.99. The van der Waals surface area contributed by atoms with Crippen LogP contribution in [0, 0.1) is 0 Å². The van der Waals surface area contributed by atoms with Gasteiger partial charge < -0.3 is 0 Å². The third-order valence-corrected chi connectivity index (χ3v) is 3.18. The summed E-state index contributed by atoms with van der Waals surface area (Å²) < 4.78 is 0. The fourth-order valence-electron chi connectivity index (χ4n) is 1.10. The lowest BCUT2D eigenvalue weighted by Crippen LogP contribution is -2.02. The maximum absolute atomic E-state index is 8.43. The normalized spacial score (nSPS) is 10.9. The standard InChI is InChI=1S/C9H9N5OS2/c1-16-9-13-7(6-3-2-4-17-6)12-8(14-9)10-5-11-15/h2-5,15H,1H3,(H,10,11,12,13,14). The lowest BCUT2D eigenvalue weighted by Gasteiger charge is -2.00. The number of thioether (sulfide) groups is 1. The van der Waals surface area contributed by atoms with Gasteiger partial charge in [0.25, 0.3) is 5.95 Å². The van der Waals surface area contributed by atoms with Crippen molar-refractivity contribution in [2.45, 2.75) is 5.16 Å². The van der Waals surface area contributed by atoms with Crippen molar-refractivity contribution >= 4 is 35.4 Å². The molecule has 88 valence electrons. The predicted molar refractivity (Wildman–Crippen MR) is 68.0 cm³/mol. The predicted octanol–water partition coefficient (Wildman–Crippen LogP) is 1.96. The van der Waals surface area contributed by atoms with E-state index in [-0.39, 0.29) is 5.95 Å². The van der Waals surface area contributed by atoms with Crippen LogP contribution >= 0.6 is 23.1 Å². The SMILES string of the molecule is CSc1nc(/N=C/NO)nc(-c2cccs2)n1. The van der Waals surface area contributed by atoms with Crippen molar-refractivity contribution < 1.29 is 5.21 Å². The molecule has 0 unspecified atom stereocenters. The van der Waals surface area contributed by atoms with E-state index >= 15 is 0 Å². The quantitative estimate of drug-likeness (QED) is 0.381. The molecule has 2 heterocycles. The van der Waals surface area contributed by atoms with Crippen LogP contribution in [0.25, 0.3) is 10.7 Å². The van der Waals surface area contributed by atoms with Gasteiger partial charge in [0.05, 0.1) is 4.88 Å². The number of hydroxylamine groups is 1. The van der Waals surface area contributed by atoms with Crippen molar-refractivity contribution in [2.24, 2.45) is 4.99 Å². The molecule has 0 saturated heterocycles. The maximum atomic E-state index is 8.43. The van der Waals surface area contributed by atoms with E-state index in [0.29, 0.717) is 11.0 Å². The lowest BCUT2D eigenvalue weighted by molar-refractivity contribution is 0.240. The molecule has 0 aliphatic carbocycles. The minimum Gasteiger partial charge on any atom is -0.290 e. The maximum Gasteiger partial charge on any atom is 0.255 e. The fraction of sp³-hybridized carbons (Fsp3) is 0.111. The first kappa shape index (κ1) is 12.0. The molecule has 0 aromatic carbocycles. The molecule has 2 N–H and O–H groups in total. The van der Waals surface area contributed by atoms with Crippen molar-refractivity contribution in [1.82, 2.24) is 20.4 Å². The van der Waals surface area contributed by atoms with Crippen LogP contribution in [0.5, 0.6) is 0 Å². The topological polar surface area (TPSA) is 83.3 Å². The Labute approximate surface area is 106 Å². The summed E-state index contributed by atoms with van der Waals surface area (Å²) in [6, 6.07) is 3.86. The van der Waals surface area contributed by atoms with Gasteiger partial charge in [0.1, 0.15) is 6.34 Å². The van der Waals surface area contributed by atoms with Crippen LogP contribution in [0.15, 0.2) is 27.7 Å². The highest BCUT2D eigenvalue weighted by atomic mass is 32.2. The lowest BCUT2D eigenvalue weighted by atomic mass is 10.4. The second-order valence-corrected chi connectivity index (χ2v) is 4.53. The molecule has 2 aromatic rings. The third kappa shape index (κ3) is 2.99. The number of hydrogen-bond acceptors (Lipinski definition) is 7. The summed E-state index contributed by atoms with van der Waals surface area (Å²) in [5.41, 5.74) is 1.81. The van der Waals surface area contributed by atoms with Gasteiger partial charge in [-0.15, -0.1) is 11.3 Å². The largest absolute Gasteiger partial charge is 0.290 e. The molecular formula is C9H9N5OS2. The number of nitrogens with zero attached hydrogens (tertiary/aromatic N) is 4. The molecule has 0 aliphatic heterocycles. The Bertz CT molecular complexity index is 514. The number of aliphatic imine (C=N–C) groups is 1. The molecule has 6 nitrogen and oxygen atoms in total. The highest BCUT2D eigenvalue weighted by molar-refractivity contribution is 7.98. The second-order valence-electron chi connectivity index (χ2n) is 2.81. The summed E-state index contributed by atoms with van der Waals surface area (Å²) in [5.74, 6) is 0.846. The van der Waals surface area contributed by atoms with E-state index in [2.05, 4.69) is 19.9 Å². The van der Waals surface area contributed by atoms with Crippen LogP contribution in [0.3, 0.4) is 0 Å². The average Bonchev–Trinajstić information content (AvgIpc) is 2.89. The smallest absolute Gasteiger partial charge is 0.255 e. The molecule has 0 fully saturated rings. The van der Waals surface area contributed by atoms with Gasteiger partial charge in [0.2, 0.25) is 0 Å². The third-order valence-electron chi connectivity index (χ3n) is 1.76. The van der Waals surface area contributed by atoms with Crippen LogP contribution in [0.2, 0.25) is 0 Å². The molecule has 17 heavy (non-hydrogen) atoms. The van der Waals surface area contributed by atoms with Crippen molar-refractivity contribution in [3.05, 3.63) is 17.5 Å². The van der Waals surface area contributed by atoms with E-state index in [0.717, 1.165) is 11.2 Å². The Kier molecular flexibility index (Phi) is 4.02. The Morgan fingerprint density at radius 2 is 2.35 bits per heavy atom. The fourth-order valence-corrected chi connectivity index (χ4v) is 2.11. The van der Waals surface area contributed by atoms with E-state index in [1.165, 1.54) is 11.8 Å². The summed E-state index contributed by atoms with van der Waals surface area (Å²) >= 11 is 2.96. The van der Waals surface area contributed by atoms with Crippen LogP contribution in [-0.4, -0.2) is 32.8 Å². The van der Waals surface area contributed by atoms with Gasteiger partial charge in [0.15, 0.2) is 11.0 Å². The number of nitrogens with one attached hydrogen (secondary N) is 1. The first-order valence-corrected chi connectivity index (χ1v) is 6.70. The van der Waals surface area contributed by atoms with E-state index in [1.807, 2.05) is 29.2 Å². The molecule has 0 spiro atoms. The zero-order valence-electron chi connectivity index (χ0n) is 8.86. The molecule has 2 aromatic heterocycles. The molecule has 0 bridgehead atoms. The van der Waals surface area contributed by atoms with Crippen LogP contribution < -0.4 is 5.48 Å². The van der Waals surface area contributed by atoms with Gasteiger partial charge in [-0.2, -0.15) is 15.0 Å². The van der Waals surface area contributed by atoms with Gasteiger partial charge in [0, 0.05) is 0 Å². The van der Waals surface area contributed by atoms with Crippen LogP contribution in [-0.2, 0) is 0 Å². The van der Waals surface area contributed by atoms with E-state index < -0.39 is 0 Å². The molecule has 0 radical (unpaired) electrons.